The molecule has 0 aromatic heterocycles. The Kier molecular flexibility index (Phi) is 3.42. The van der Waals surface area contributed by atoms with Crippen LogP contribution in [0.25, 0.3) is 0 Å². The van der Waals surface area contributed by atoms with E-state index in [1.165, 1.54) is 0 Å². The van der Waals surface area contributed by atoms with E-state index in [1.807, 2.05) is 30.3 Å². The first-order valence-corrected chi connectivity index (χ1v) is 5.73. The van der Waals surface area contributed by atoms with Crippen LogP contribution in [0.1, 0.15) is 24.3 Å². The second kappa shape index (κ2) is 4.99. The van der Waals surface area contributed by atoms with E-state index in [9.17, 15) is 9.59 Å². The number of benzene rings is 1. The summed E-state index contributed by atoms with van der Waals surface area (Å²) >= 11 is 0. The number of carboxylic acids is 1. The number of carbonyl (C=O) groups excluding carboxylic acids is 1. The molecule has 1 aromatic carbocycles. The van der Waals surface area contributed by atoms with Crippen molar-refractivity contribution < 1.29 is 14.7 Å². The fraction of sp³-hybridized carbons (Fsp3) is 0.385. The van der Waals surface area contributed by atoms with Gasteiger partial charge in [-0.25, -0.2) is 0 Å². The second-order valence-electron chi connectivity index (χ2n) is 4.30. The molecule has 90 valence electrons. The van der Waals surface area contributed by atoms with Gasteiger partial charge in [0.2, 0.25) is 5.91 Å². The maximum absolute atomic E-state index is 11.7. The summed E-state index contributed by atoms with van der Waals surface area (Å²) in [5.41, 5.74) is 0.928. The molecule has 2 atom stereocenters. The van der Waals surface area contributed by atoms with Crippen molar-refractivity contribution in [2.45, 2.75) is 18.8 Å². The van der Waals surface area contributed by atoms with E-state index in [-0.39, 0.29) is 24.2 Å². The molecule has 0 unspecified atom stereocenters. The number of hydrogen-bond donors (Lipinski definition) is 2. The van der Waals surface area contributed by atoms with Crippen molar-refractivity contribution >= 4 is 11.9 Å². The molecular formula is C13H15NO3. The molecular weight excluding hydrogens is 218 g/mol. The lowest BCUT2D eigenvalue weighted by molar-refractivity contribution is -0.138. The maximum Gasteiger partial charge on any atom is 0.303 e. The highest BCUT2D eigenvalue weighted by atomic mass is 16.4. The van der Waals surface area contributed by atoms with E-state index in [0.717, 1.165) is 5.56 Å². The zero-order valence-electron chi connectivity index (χ0n) is 9.43. The van der Waals surface area contributed by atoms with E-state index < -0.39 is 5.97 Å². The third kappa shape index (κ3) is 2.64. The van der Waals surface area contributed by atoms with E-state index in [4.69, 9.17) is 5.11 Å². The Hall–Kier alpha value is -1.84. The quantitative estimate of drug-likeness (QED) is 0.825. The molecule has 0 spiro atoms. The van der Waals surface area contributed by atoms with Gasteiger partial charge in [-0.1, -0.05) is 30.3 Å². The van der Waals surface area contributed by atoms with Crippen LogP contribution < -0.4 is 5.32 Å². The minimum atomic E-state index is -0.862. The lowest BCUT2D eigenvalue weighted by Crippen LogP contribution is -2.25. The number of amides is 1. The highest BCUT2D eigenvalue weighted by Gasteiger charge is 2.34. The number of nitrogens with one attached hydrogen (secondary N) is 1. The zero-order valence-corrected chi connectivity index (χ0v) is 9.43. The van der Waals surface area contributed by atoms with Crippen LogP contribution in [0, 0.1) is 5.92 Å². The number of rotatable bonds is 4. The molecule has 2 N–H and O–H groups in total. The van der Waals surface area contributed by atoms with Crippen LogP contribution in [-0.4, -0.2) is 23.5 Å². The molecule has 17 heavy (non-hydrogen) atoms. The van der Waals surface area contributed by atoms with Crippen LogP contribution in [0.4, 0.5) is 0 Å². The zero-order chi connectivity index (χ0) is 12.3. The Bertz CT molecular complexity index is 416. The van der Waals surface area contributed by atoms with Gasteiger partial charge in [0.05, 0.1) is 6.42 Å². The average molecular weight is 233 g/mol. The van der Waals surface area contributed by atoms with Gasteiger partial charge in [0.25, 0.3) is 0 Å². The molecule has 4 nitrogen and oxygen atoms in total. The van der Waals surface area contributed by atoms with Crippen molar-refractivity contribution in [3.8, 4) is 0 Å². The van der Waals surface area contributed by atoms with Gasteiger partial charge < -0.3 is 10.4 Å². The molecule has 1 amide bonds. The van der Waals surface area contributed by atoms with Gasteiger partial charge in [-0.2, -0.15) is 0 Å². The van der Waals surface area contributed by atoms with Gasteiger partial charge in [0.15, 0.2) is 0 Å². The third-order valence-corrected chi connectivity index (χ3v) is 3.20. The van der Waals surface area contributed by atoms with Gasteiger partial charge in [0, 0.05) is 18.4 Å². The lowest BCUT2D eigenvalue weighted by Gasteiger charge is -2.20. The van der Waals surface area contributed by atoms with E-state index >= 15 is 0 Å². The fourth-order valence-electron chi connectivity index (χ4n) is 2.38. The topological polar surface area (TPSA) is 66.4 Å². The minimum Gasteiger partial charge on any atom is -0.481 e. The summed E-state index contributed by atoms with van der Waals surface area (Å²) in [6.07, 6.45) is 0.716. The lowest BCUT2D eigenvalue weighted by atomic mass is 9.82. The summed E-state index contributed by atoms with van der Waals surface area (Å²) in [6.45, 7) is 0.645. The summed E-state index contributed by atoms with van der Waals surface area (Å²) in [6, 6.07) is 9.41. The van der Waals surface area contributed by atoms with Gasteiger partial charge in [-0.3, -0.25) is 9.59 Å². The summed E-state index contributed by atoms with van der Waals surface area (Å²) in [7, 11) is 0. The van der Waals surface area contributed by atoms with Crippen LogP contribution >= 0.6 is 0 Å². The Balaban J connectivity index is 2.25. The van der Waals surface area contributed by atoms with Crippen LogP contribution in [0.2, 0.25) is 0 Å². The van der Waals surface area contributed by atoms with Crippen molar-refractivity contribution in [1.29, 1.82) is 0 Å². The maximum atomic E-state index is 11.7. The van der Waals surface area contributed by atoms with Gasteiger partial charge in [0.1, 0.15) is 0 Å². The number of aliphatic carboxylic acids is 1. The van der Waals surface area contributed by atoms with E-state index in [2.05, 4.69) is 5.32 Å². The molecule has 0 aliphatic carbocycles. The Morgan fingerprint density at radius 3 is 2.65 bits per heavy atom. The van der Waals surface area contributed by atoms with E-state index in [0.29, 0.717) is 13.0 Å². The molecule has 0 radical (unpaired) electrons. The van der Waals surface area contributed by atoms with Crippen LogP contribution in [0.15, 0.2) is 30.3 Å². The Labute approximate surface area is 99.6 Å². The molecule has 1 heterocycles. The summed E-state index contributed by atoms with van der Waals surface area (Å²) in [5.74, 6) is -1.33. The summed E-state index contributed by atoms with van der Waals surface area (Å²) < 4.78 is 0. The second-order valence-corrected chi connectivity index (χ2v) is 4.30. The normalized spacial score (nSPS) is 20.9. The highest BCUT2D eigenvalue weighted by molar-refractivity contribution is 5.82. The van der Waals surface area contributed by atoms with Crippen molar-refractivity contribution in [3.63, 3.8) is 0 Å². The number of hydrogen-bond acceptors (Lipinski definition) is 2. The minimum absolute atomic E-state index is 0.00208. The van der Waals surface area contributed by atoms with Gasteiger partial charge in [-0.05, 0) is 12.0 Å². The fourth-order valence-corrected chi connectivity index (χ4v) is 2.38. The van der Waals surface area contributed by atoms with Crippen LogP contribution in [0.3, 0.4) is 0 Å². The Morgan fingerprint density at radius 1 is 1.41 bits per heavy atom. The smallest absolute Gasteiger partial charge is 0.303 e. The summed E-state index contributed by atoms with van der Waals surface area (Å²) in [5, 5.41) is 11.7. The highest BCUT2D eigenvalue weighted by Crippen LogP contribution is 2.32. The van der Waals surface area contributed by atoms with Crippen molar-refractivity contribution in [1.82, 2.24) is 5.32 Å². The first-order chi connectivity index (χ1) is 8.18. The largest absolute Gasteiger partial charge is 0.481 e. The molecule has 1 fully saturated rings. The average Bonchev–Trinajstić information content (AvgIpc) is 2.73. The molecule has 1 saturated heterocycles. The monoisotopic (exact) mass is 233 g/mol. The van der Waals surface area contributed by atoms with Crippen molar-refractivity contribution in [3.05, 3.63) is 35.9 Å². The molecule has 0 bridgehead atoms. The van der Waals surface area contributed by atoms with E-state index in [1.54, 1.807) is 0 Å². The predicted octanol–water partition coefficient (Wildman–Crippen LogP) is 1.38. The molecule has 2 rings (SSSR count). The number of carboxylic acid groups (broad SMARTS) is 1. The summed E-state index contributed by atoms with van der Waals surface area (Å²) in [4.78, 5) is 22.6. The molecule has 1 aromatic rings. The number of carbonyl (C=O) groups is 2. The first-order valence-electron chi connectivity index (χ1n) is 5.73. The molecule has 4 heteroatoms. The third-order valence-electron chi connectivity index (χ3n) is 3.20. The van der Waals surface area contributed by atoms with Gasteiger partial charge >= 0.3 is 5.97 Å². The molecule has 0 saturated carbocycles. The standard InChI is InChI=1S/C13H15NO3/c15-12(16)8-11(9-4-2-1-3-5-9)10-6-7-14-13(10)17/h1-5,10-11H,6-8H2,(H,14,17)(H,15,16)/t10-,11+/m1/s1. The van der Waals surface area contributed by atoms with Crippen molar-refractivity contribution in [2.24, 2.45) is 5.92 Å². The van der Waals surface area contributed by atoms with Gasteiger partial charge in [-0.15, -0.1) is 0 Å². The molecule has 1 aliphatic heterocycles. The van der Waals surface area contributed by atoms with Crippen molar-refractivity contribution in [2.75, 3.05) is 6.54 Å². The predicted molar refractivity (Wildman–Crippen MR) is 62.6 cm³/mol. The Morgan fingerprint density at radius 2 is 2.12 bits per heavy atom. The van der Waals surface area contributed by atoms with Crippen LogP contribution in [0.5, 0.6) is 0 Å². The SMILES string of the molecule is O=C(O)C[C@@H](c1ccccc1)[C@H]1CCNC1=O. The van der Waals surface area contributed by atoms with Crippen LogP contribution in [-0.2, 0) is 9.59 Å². The first kappa shape index (κ1) is 11.6. The molecule has 1 aliphatic rings.